The Morgan fingerprint density at radius 1 is 1.13 bits per heavy atom. The summed E-state index contributed by atoms with van der Waals surface area (Å²) in [4.78, 5) is 18.6. The Kier molecular flexibility index (Phi) is 4.87. The lowest BCUT2D eigenvalue weighted by molar-refractivity contribution is 0.0664. The lowest BCUT2D eigenvalue weighted by Crippen LogP contribution is -2.48. The maximum absolute atomic E-state index is 13.3. The lowest BCUT2D eigenvalue weighted by Gasteiger charge is -2.41. The highest BCUT2D eigenvalue weighted by Crippen LogP contribution is 2.35. The molecule has 4 heterocycles. The van der Waals surface area contributed by atoms with Gasteiger partial charge in [0.1, 0.15) is 5.69 Å². The fraction of sp³-hybridized carbons (Fsp3) is 0.280. The van der Waals surface area contributed by atoms with E-state index in [-0.39, 0.29) is 11.3 Å². The van der Waals surface area contributed by atoms with Gasteiger partial charge in [0, 0.05) is 36.8 Å². The standard InChI is InChI=1S/C25H27N5O/c1-18-15-21(28-23(18)20-16-27-30-12-6-5-9-22(20)30)24(31)29-13-10-25(17-26,11-14-29)19-7-3-2-4-8-19/h2-9,12,15-16,28H,10-11,13-14,17,26H2,1H3. The first-order valence-electron chi connectivity index (χ1n) is 10.8. The second kappa shape index (κ2) is 7.71. The summed E-state index contributed by atoms with van der Waals surface area (Å²) in [6, 6.07) is 18.4. The van der Waals surface area contributed by atoms with Crippen molar-refractivity contribution in [1.82, 2.24) is 19.5 Å². The van der Waals surface area contributed by atoms with Gasteiger partial charge in [0.2, 0.25) is 0 Å². The van der Waals surface area contributed by atoms with Crippen LogP contribution in [-0.2, 0) is 5.41 Å². The third kappa shape index (κ3) is 3.33. The number of hydrogen-bond donors (Lipinski definition) is 2. The molecule has 0 unspecified atom stereocenters. The second-order valence-corrected chi connectivity index (χ2v) is 8.47. The Hall–Kier alpha value is -3.38. The van der Waals surface area contributed by atoms with Gasteiger partial charge in [-0.2, -0.15) is 5.10 Å². The van der Waals surface area contributed by atoms with Gasteiger partial charge in [0.15, 0.2) is 0 Å². The monoisotopic (exact) mass is 413 g/mol. The number of nitrogens with two attached hydrogens (primary N) is 1. The van der Waals surface area contributed by atoms with E-state index in [0.717, 1.165) is 35.2 Å². The van der Waals surface area contributed by atoms with Crippen LogP contribution >= 0.6 is 0 Å². The zero-order valence-corrected chi connectivity index (χ0v) is 17.7. The molecule has 6 nitrogen and oxygen atoms in total. The van der Waals surface area contributed by atoms with E-state index in [1.54, 1.807) is 0 Å². The quantitative estimate of drug-likeness (QED) is 0.534. The van der Waals surface area contributed by atoms with E-state index in [1.165, 1.54) is 5.56 Å². The average molecular weight is 414 g/mol. The smallest absolute Gasteiger partial charge is 0.270 e. The molecule has 1 fully saturated rings. The molecule has 0 bridgehead atoms. The number of likely N-dealkylation sites (tertiary alicyclic amines) is 1. The summed E-state index contributed by atoms with van der Waals surface area (Å²) in [5, 5.41) is 4.42. The summed E-state index contributed by atoms with van der Waals surface area (Å²) in [5.74, 6) is 0.0458. The van der Waals surface area contributed by atoms with Crippen molar-refractivity contribution in [1.29, 1.82) is 0 Å². The molecule has 4 aromatic rings. The number of carbonyl (C=O) groups is 1. The molecule has 1 aromatic carbocycles. The number of aromatic nitrogens is 3. The third-order valence-electron chi connectivity index (χ3n) is 6.73. The van der Waals surface area contributed by atoms with Crippen LogP contribution in [-0.4, -0.2) is 45.0 Å². The lowest BCUT2D eigenvalue weighted by atomic mass is 9.73. The molecule has 0 radical (unpaired) electrons. The molecule has 3 N–H and O–H groups in total. The molecule has 1 aliphatic heterocycles. The number of piperidine rings is 1. The van der Waals surface area contributed by atoms with Gasteiger partial charge in [-0.05, 0) is 49.1 Å². The molecule has 3 aromatic heterocycles. The minimum atomic E-state index is -0.0497. The molecule has 6 heteroatoms. The molecule has 31 heavy (non-hydrogen) atoms. The van der Waals surface area contributed by atoms with Gasteiger partial charge in [0.05, 0.1) is 17.4 Å². The second-order valence-electron chi connectivity index (χ2n) is 8.47. The highest BCUT2D eigenvalue weighted by Gasteiger charge is 2.36. The highest BCUT2D eigenvalue weighted by atomic mass is 16.2. The largest absolute Gasteiger partial charge is 0.350 e. The van der Waals surface area contributed by atoms with E-state index in [0.29, 0.717) is 25.3 Å². The fourth-order valence-electron chi connectivity index (χ4n) is 4.79. The van der Waals surface area contributed by atoms with Crippen molar-refractivity contribution < 1.29 is 4.79 Å². The predicted octanol–water partition coefficient (Wildman–Crippen LogP) is 3.77. The SMILES string of the molecule is Cc1cc(C(=O)N2CCC(CN)(c3ccccc3)CC2)[nH]c1-c1cnn2ccccc12. The van der Waals surface area contributed by atoms with Gasteiger partial charge >= 0.3 is 0 Å². The molecule has 0 saturated carbocycles. The van der Waals surface area contributed by atoms with Crippen LogP contribution in [0.2, 0.25) is 0 Å². The van der Waals surface area contributed by atoms with E-state index in [1.807, 2.05) is 59.1 Å². The molecule has 0 spiro atoms. The number of H-pyrrole nitrogens is 1. The van der Waals surface area contributed by atoms with Crippen molar-refractivity contribution in [3.8, 4) is 11.3 Å². The van der Waals surface area contributed by atoms with E-state index in [2.05, 4.69) is 34.3 Å². The molecule has 0 aliphatic carbocycles. The molecule has 158 valence electrons. The Labute approximate surface area is 181 Å². The molecule has 1 aliphatic rings. The fourth-order valence-corrected chi connectivity index (χ4v) is 4.79. The first-order chi connectivity index (χ1) is 15.1. The molecular formula is C25H27N5O. The summed E-state index contributed by atoms with van der Waals surface area (Å²) < 4.78 is 1.84. The number of carbonyl (C=O) groups excluding carboxylic acids is 1. The minimum absolute atomic E-state index is 0.0458. The molecule has 1 amide bonds. The van der Waals surface area contributed by atoms with Crippen LogP contribution in [0, 0.1) is 6.92 Å². The Morgan fingerprint density at radius 3 is 2.61 bits per heavy atom. The number of hydrogen-bond acceptors (Lipinski definition) is 3. The van der Waals surface area contributed by atoms with E-state index >= 15 is 0 Å². The summed E-state index contributed by atoms with van der Waals surface area (Å²) in [6.45, 7) is 4.03. The van der Waals surface area contributed by atoms with Crippen LogP contribution in [0.5, 0.6) is 0 Å². The van der Waals surface area contributed by atoms with Crippen molar-refractivity contribution in [2.75, 3.05) is 19.6 Å². The van der Waals surface area contributed by atoms with Crippen molar-refractivity contribution in [2.24, 2.45) is 5.73 Å². The first-order valence-corrected chi connectivity index (χ1v) is 10.8. The summed E-state index contributed by atoms with van der Waals surface area (Å²) in [5.41, 5.74) is 12.1. The van der Waals surface area contributed by atoms with Gasteiger partial charge in [0.25, 0.3) is 5.91 Å². The van der Waals surface area contributed by atoms with Crippen LogP contribution in [0.3, 0.4) is 0 Å². The minimum Gasteiger partial charge on any atom is -0.350 e. The van der Waals surface area contributed by atoms with Crippen molar-refractivity contribution >= 4 is 11.4 Å². The van der Waals surface area contributed by atoms with Gasteiger partial charge in [-0.1, -0.05) is 36.4 Å². The van der Waals surface area contributed by atoms with Gasteiger partial charge in [-0.15, -0.1) is 0 Å². The number of fused-ring (bicyclic) bond motifs is 1. The molecule has 5 rings (SSSR count). The van der Waals surface area contributed by atoms with Crippen molar-refractivity contribution in [3.63, 3.8) is 0 Å². The number of rotatable bonds is 4. The van der Waals surface area contributed by atoms with Gasteiger partial charge in [-0.25, -0.2) is 4.52 Å². The molecular weight excluding hydrogens is 386 g/mol. The average Bonchev–Trinajstić information content (AvgIpc) is 3.42. The third-order valence-corrected chi connectivity index (χ3v) is 6.73. The maximum Gasteiger partial charge on any atom is 0.270 e. The number of benzene rings is 1. The van der Waals surface area contributed by atoms with Gasteiger partial charge in [-0.3, -0.25) is 4.79 Å². The number of pyridine rings is 1. The molecule has 0 atom stereocenters. The number of aromatic amines is 1. The van der Waals surface area contributed by atoms with Crippen LogP contribution in [0.1, 0.15) is 34.5 Å². The van der Waals surface area contributed by atoms with Crippen molar-refractivity contribution in [3.05, 3.63) is 83.8 Å². The summed E-state index contributed by atoms with van der Waals surface area (Å²) in [7, 11) is 0. The zero-order valence-electron chi connectivity index (χ0n) is 17.7. The first kappa shape index (κ1) is 19.6. The topological polar surface area (TPSA) is 79.4 Å². The van der Waals surface area contributed by atoms with E-state index in [9.17, 15) is 4.79 Å². The maximum atomic E-state index is 13.3. The Bertz CT molecular complexity index is 1220. The van der Waals surface area contributed by atoms with Crippen LogP contribution in [0.4, 0.5) is 0 Å². The number of amides is 1. The summed E-state index contributed by atoms with van der Waals surface area (Å²) in [6.07, 6.45) is 5.52. The normalized spacial score (nSPS) is 16.0. The number of nitrogens with zero attached hydrogens (tertiary/aromatic N) is 3. The summed E-state index contributed by atoms with van der Waals surface area (Å²) >= 11 is 0. The predicted molar refractivity (Wildman–Crippen MR) is 122 cm³/mol. The van der Waals surface area contributed by atoms with Crippen LogP contribution in [0.15, 0.2) is 67.0 Å². The number of nitrogens with one attached hydrogen (secondary N) is 1. The Morgan fingerprint density at radius 2 is 1.87 bits per heavy atom. The molecule has 1 saturated heterocycles. The van der Waals surface area contributed by atoms with Crippen LogP contribution < -0.4 is 5.73 Å². The Balaban J connectivity index is 1.37. The zero-order chi connectivity index (χ0) is 21.4. The van der Waals surface area contributed by atoms with Crippen LogP contribution in [0.25, 0.3) is 16.8 Å². The van der Waals surface area contributed by atoms with E-state index < -0.39 is 0 Å². The highest BCUT2D eigenvalue weighted by molar-refractivity contribution is 5.95. The number of aryl methyl sites for hydroxylation is 1. The van der Waals surface area contributed by atoms with Crippen molar-refractivity contribution in [2.45, 2.75) is 25.2 Å². The van der Waals surface area contributed by atoms with E-state index in [4.69, 9.17) is 5.73 Å². The van der Waals surface area contributed by atoms with Gasteiger partial charge < -0.3 is 15.6 Å².